The number of rotatable bonds is 3. The van der Waals surface area contributed by atoms with E-state index in [0.29, 0.717) is 5.69 Å². The molecule has 2 rings (SSSR count). The number of alkyl halides is 3. The Hall–Kier alpha value is -2.24. The van der Waals surface area contributed by atoms with Crippen LogP contribution in [0.5, 0.6) is 5.75 Å². The van der Waals surface area contributed by atoms with Gasteiger partial charge in [0.25, 0.3) is 0 Å². The molecule has 6 heteroatoms. The fourth-order valence-electron chi connectivity index (χ4n) is 1.71. The smallest absolute Gasteiger partial charge is 0.420 e. The zero-order chi connectivity index (χ0) is 14.8. The number of nitrogen functional groups attached to an aromatic ring is 1. The number of nitrogens with two attached hydrogens (primary N) is 1. The minimum Gasteiger partial charge on any atom is -0.487 e. The third-order valence-corrected chi connectivity index (χ3v) is 2.79. The van der Waals surface area contributed by atoms with Crippen molar-refractivity contribution in [3.05, 3.63) is 53.3 Å². The molecule has 0 amide bonds. The molecule has 1 aromatic carbocycles. The average Bonchev–Trinajstić information content (AvgIpc) is 2.38. The van der Waals surface area contributed by atoms with Crippen LogP contribution in [0.1, 0.15) is 16.8 Å². The van der Waals surface area contributed by atoms with Crippen LogP contribution in [0.4, 0.5) is 18.9 Å². The van der Waals surface area contributed by atoms with Crippen LogP contribution in [-0.2, 0) is 12.8 Å². The molecule has 2 N–H and O–H groups in total. The Morgan fingerprint density at radius 2 is 2.00 bits per heavy atom. The van der Waals surface area contributed by atoms with E-state index < -0.39 is 11.7 Å². The van der Waals surface area contributed by atoms with E-state index in [1.807, 2.05) is 13.0 Å². The minimum absolute atomic E-state index is 0.0281. The summed E-state index contributed by atoms with van der Waals surface area (Å²) in [7, 11) is 0. The maximum atomic E-state index is 12.9. The molecule has 2 aromatic rings. The molecule has 0 spiro atoms. The number of ether oxygens (including phenoxy) is 1. The summed E-state index contributed by atoms with van der Waals surface area (Å²) in [5.41, 5.74) is 6.00. The molecule has 0 atom stereocenters. The Bertz CT molecular complexity index is 612. The number of hydrogen-bond donors (Lipinski definition) is 1. The Morgan fingerprint density at radius 3 is 2.65 bits per heavy atom. The summed E-state index contributed by atoms with van der Waals surface area (Å²) in [4.78, 5) is 4.07. The van der Waals surface area contributed by atoms with Crippen LogP contribution in [0.2, 0.25) is 0 Å². The van der Waals surface area contributed by atoms with Crippen LogP contribution in [0.3, 0.4) is 0 Å². The molecule has 106 valence electrons. The monoisotopic (exact) mass is 282 g/mol. The number of aryl methyl sites for hydroxylation is 1. The van der Waals surface area contributed by atoms with Crippen LogP contribution < -0.4 is 10.5 Å². The Balaban J connectivity index is 2.24. The second kappa shape index (κ2) is 5.40. The van der Waals surface area contributed by atoms with E-state index in [1.165, 1.54) is 12.1 Å². The van der Waals surface area contributed by atoms with Gasteiger partial charge in [0.2, 0.25) is 0 Å². The summed E-state index contributed by atoms with van der Waals surface area (Å²) in [5, 5.41) is 0. The van der Waals surface area contributed by atoms with Crippen molar-refractivity contribution in [2.45, 2.75) is 19.7 Å². The summed E-state index contributed by atoms with van der Waals surface area (Å²) < 4.78 is 43.9. The number of benzene rings is 1. The van der Waals surface area contributed by atoms with E-state index in [9.17, 15) is 13.2 Å². The topological polar surface area (TPSA) is 48.1 Å². The van der Waals surface area contributed by atoms with E-state index in [4.69, 9.17) is 10.5 Å². The quantitative estimate of drug-likeness (QED) is 0.875. The largest absolute Gasteiger partial charge is 0.487 e. The number of halogens is 3. The van der Waals surface area contributed by atoms with Crippen LogP contribution in [-0.4, -0.2) is 4.98 Å². The first kappa shape index (κ1) is 14.2. The highest BCUT2D eigenvalue weighted by atomic mass is 19.4. The van der Waals surface area contributed by atoms with Gasteiger partial charge in [-0.3, -0.25) is 4.98 Å². The second-order valence-electron chi connectivity index (χ2n) is 4.31. The second-order valence-corrected chi connectivity index (χ2v) is 4.31. The molecule has 0 radical (unpaired) electrons. The standard InChI is InChI=1S/C14H13F3N2O/c1-9-3-2-6-19-12(9)8-20-13-5-4-10(18)7-11(13)14(15,16)17/h2-7H,8,18H2,1H3. The summed E-state index contributed by atoms with van der Waals surface area (Å²) in [6.07, 6.45) is -2.94. The number of anilines is 1. The van der Waals surface area contributed by atoms with E-state index >= 15 is 0 Å². The number of nitrogens with zero attached hydrogens (tertiary/aromatic N) is 1. The summed E-state index contributed by atoms with van der Waals surface area (Å²) in [5.74, 6) is -0.253. The minimum atomic E-state index is -4.51. The van der Waals surface area contributed by atoms with Crippen molar-refractivity contribution in [3.63, 3.8) is 0 Å². The molecular weight excluding hydrogens is 269 g/mol. The van der Waals surface area contributed by atoms with E-state index in [-0.39, 0.29) is 18.0 Å². The van der Waals surface area contributed by atoms with E-state index in [0.717, 1.165) is 11.6 Å². The molecule has 0 aliphatic rings. The normalized spacial score (nSPS) is 11.4. The Labute approximate surface area is 114 Å². The lowest BCUT2D eigenvalue weighted by atomic mass is 10.1. The maximum absolute atomic E-state index is 12.9. The fraction of sp³-hybridized carbons (Fsp3) is 0.214. The zero-order valence-corrected chi connectivity index (χ0v) is 10.7. The highest BCUT2D eigenvalue weighted by molar-refractivity contribution is 5.49. The van der Waals surface area contributed by atoms with Gasteiger partial charge < -0.3 is 10.5 Å². The van der Waals surface area contributed by atoms with Gasteiger partial charge in [-0.2, -0.15) is 13.2 Å². The molecule has 3 nitrogen and oxygen atoms in total. The van der Waals surface area contributed by atoms with Crippen molar-refractivity contribution < 1.29 is 17.9 Å². The third-order valence-electron chi connectivity index (χ3n) is 2.79. The maximum Gasteiger partial charge on any atom is 0.420 e. The highest BCUT2D eigenvalue weighted by Crippen LogP contribution is 2.37. The molecule has 1 aromatic heterocycles. The van der Waals surface area contributed by atoms with E-state index in [1.54, 1.807) is 12.3 Å². The predicted molar refractivity (Wildman–Crippen MR) is 69.2 cm³/mol. The molecule has 0 aliphatic heterocycles. The van der Waals surface area contributed by atoms with Gasteiger partial charge in [0.05, 0.1) is 11.3 Å². The van der Waals surface area contributed by atoms with Gasteiger partial charge in [0.1, 0.15) is 12.4 Å². The first-order valence-electron chi connectivity index (χ1n) is 5.88. The number of aromatic nitrogens is 1. The van der Waals surface area contributed by atoms with Gasteiger partial charge in [-0.25, -0.2) is 0 Å². The Morgan fingerprint density at radius 1 is 1.25 bits per heavy atom. The lowest BCUT2D eigenvalue weighted by Gasteiger charge is -2.14. The number of hydrogen-bond acceptors (Lipinski definition) is 3. The van der Waals surface area contributed by atoms with Gasteiger partial charge in [-0.15, -0.1) is 0 Å². The van der Waals surface area contributed by atoms with Crippen molar-refractivity contribution >= 4 is 5.69 Å². The summed E-state index contributed by atoms with van der Waals surface area (Å²) in [6.45, 7) is 1.79. The third kappa shape index (κ3) is 3.20. The lowest BCUT2D eigenvalue weighted by molar-refractivity contribution is -0.139. The predicted octanol–water partition coefficient (Wildman–Crippen LogP) is 3.57. The average molecular weight is 282 g/mol. The molecule has 0 saturated heterocycles. The van der Waals surface area contributed by atoms with Crippen molar-refractivity contribution in [2.24, 2.45) is 0 Å². The first-order chi connectivity index (χ1) is 9.38. The number of pyridine rings is 1. The van der Waals surface area contributed by atoms with Crippen molar-refractivity contribution in [2.75, 3.05) is 5.73 Å². The molecule has 1 heterocycles. The van der Waals surface area contributed by atoms with Crippen molar-refractivity contribution in [3.8, 4) is 5.75 Å². The summed E-state index contributed by atoms with van der Waals surface area (Å²) >= 11 is 0. The summed E-state index contributed by atoms with van der Waals surface area (Å²) in [6, 6.07) is 7.02. The molecule has 0 unspecified atom stereocenters. The lowest BCUT2D eigenvalue weighted by Crippen LogP contribution is -2.10. The van der Waals surface area contributed by atoms with Crippen molar-refractivity contribution in [1.29, 1.82) is 0 Å². The van der Waals surface area contributed by atoms with Gasteiger partial charge in [-0.05, 0) is 36.8 Å². The molecule has 20 heavy (non-hydrogen) atoms. The van der Waals surface area contributed by atoms with Crippen LogP contribution >= 0.6 is 0 Å². The molecule has 0 fully saturated rings. The van der Waals surface area contributed by atoms with Crippen LogP contribution in [0.15, 0.2) is 36.5 Å². The fourth-order valence-corrected chi connectivity index (χ4v) is 1.71. The van der Waals surface area contributed by atoms with Gasteiger partial charge in [-0.1, -0.05) is 6.07 Å². The molecule has 0 aliphatic carbocycles. The van der Waals surface area contributed by atoms with Gasteiger partial charge in [0.15, 0.2) is 0 Å². The SMILES string of the molecule is Cc1cccnc1COc1ccc(N)cc1C(F)(F)F. The van der Waals surface area contributed by atoms with Gasteiger partial charge in [0, 0.05) is 11.9 Å². The van der Waals surface area contributed by atoms with E-state index in [2.05, 4.69) is 4.98 Å². The van der Waals surface area contributed by atoms with Crippen molar-refractivity contribution in [1.82, 2.24) is 4.98 Å². The molecule has 0 saturated carbocycles. The zero-order valence-electron chi connectivity index (χ0n) is 10.7. The van der Waals surface area contributed by atoms with Crippen LogP contribution in [0.25, 0.3) is 0 Å². The molecular formula is C14H13F3N2O. The van der Waals surface area contributed by atoms with Crippen LogP contribution in [0, 0.1) is 6.92 Å². The first-order valence-corrected chi connectivity index (χ1v) is 5.88. The van der Waals surface area contributed by atoms with Gasteiger partial charge >= 0.3 is 6.18 Å². The highest BCUT2D eigenvalue weighted by Gasteiger charge is 2.34. The molecule has 0 bridgehead atoms. The Kier molecular flexibility index (Phi) is 3.83.